The van der Waals surface area contributed by atoms with Crippen molar-refractivity contribution < 1.29 is 19.7 Å². The summed E-state index contributed by atoms with van der Waals surface area (Å²) in [6, 6.07) is 0. The second kappa shape index (κ2) is 6.86. The van der Waals surface area contributed by atoms with Gasteiger partial charge in [-0.1, -0.05) is 13.3 Å². The van der Waals surface area contributed by atoms with E-state index in [-0.39, 0.29) is 13.0 Å². The first-order valence-corrected chi connectivity index (χ1v) is 4.51. The molecule has 2 unspecified atom stereocenters. The Bertz CT molecular complexity index is 147. The van der Waals surface area contributed by atoms with Crippen molar-refractivity contribution in [2.45, 2.75) is 32.3 Å². The normalized spacial score (nSPS) is 15.3. The van der Waals surface area contributed by atoms with E-state index in [2.05, 4.69) is 0 Å². The average molecular weight is 190 g/mol. The van der Waals surface area contributed by atoms with Crippen LogP contribution in [-0.4, -0.2) is 36.0 Å². The molecule has 0 fully saturated rings. The van der Waals surface area contributed by atoms with Gasteiger partial charge in [0.1, 0.15) is 0 Å². The highest BCUT2D eigenvalue weighted by Crippen LogP contribution is 2.14. The molecule has 0 aliphatic rings. The molecule has 0 aromatic carbocycles. The van der Waals surface area contributed by atoms with Gasteiger partial charge in [0.05, 0.1) is 18.6 Å². The Morgan fingerprint density at radius 1 is 1.54 bits per heavy atom. The minimum Gasteiger partial charge on any atom is -0.481 e. The molecule has 0 aromatic rings. The smallest absolute Gasteiger partial charge is 0.306 e. The second-order valence-corrected chi connectivity index (χ2v) is 3.17. The van der Waals surface area contributed by atoms with Gasteiger partial charge in [0.25, 0.3) is 0 Å². The Morgan fingerprint density at radius 2 is 2.15 bits per heavy atom. The summed E-state index contributed by atoms with van der Waals surface area (Å²) in [6.07, 6.45) is 1.03. The fourth-order valence-corrected chi connectivity index (χ4v) is 1.28. The number of aliphatic hydroxyl groups excluding tert-OH is 1. The summed E-state index contributed by atoms with van der Waals surface area (Å²) in [6.45, 7) is 2.13. The maximum absolute atomic E-state index is 10.7. The van der Waals surface area contributed by atoms with E-state index in [9.17, 15) is 9.90 Å². The zero-order valence-electron chi connectivity index (χ0n) is 8.19. The number of hydrogen-bond donors (Lipinski definition) is 2. The van der Waals surface area contributed by atoms with E-state index in [1.54, 1.807) is 0 Å². The lowest BCUT2D eigenvalue weighted by molar-refractivity contribution is -0.143. The molecule has 0 aromatic heterocycles. The topological polar surface area (TPSA) is 66.8 Å². The summed E-state index contributed by atoms with van der Waals surface area (Å²) in [7, 11) is 1.48. The summed E-state index contributed by atoms with van der Waals surface area (Å²) in [5.74, 6) is -1.29. The molecule has 78 valence electrons. The van der Waals surface area contributed by atoms with Crippen molar-refractivity contribution in [3.63, 3.8) is 0 Å². The summed E-state index contributed by atoms with van der Waals surface area (Å²) in [5, 5.41) is 18.1. The molecular weight excluding hydrogens is 172 g/mol. The zero-order valence-corrected chi connectivity index (χ0v) is 8.19. The number of hydrogen-bond acceptors (Lipinski definition) is 3. The van der Waals surface area contributed by atoms with Gasteiger partial charge in [0.15, 0.2) is 0 Å². The number of ether oxygens (including phenoxy) is 1. The third-order valence-corrected chi connectivity index (χ3v) is 1.90. The number of carboxylic acid groups (broad SMARTS) is 1. The van der Waals surface area contributed by atoms with Crippen molar-refractivity contribution >= 4 is 5.97 Å². The van der Waals surface area contributed by atoms with Gasteiger partial charge in [0.2, 0.25) is 0 Å². The van der Waals surface area contributed by atoms with Crippen LogP contribution in [0, 0.1) is 5.92 Å². The molecule has 13 heavy (non-hydrogen) atoms. The van der Waals surface area contributed by atoms with E-state index in [1.807, 2.05) is 6.92 Å². The van der Waals surface area contributed by atoms with Crippen LogP contribution in [0.25, 0.3) is 0 Å². The first kappa shape index (κ1) is 12.4. The number of aliphatic hydroxyl groups is 1. The molecular formula is C9H18O4. The third-order valence-electron chi connectivity index (χ3n) is 1.90. The molecule has 0 amide bonds. The molecule has 0 heterocycles. The predicted octanol–water partition coefficient (Wildman–Crippen LogP) is 0.885. The zero-order chi connectivity index (χ0) is 10.3. The Kier molecular flexibility index (Phi) is 6.54. The van der Waals surface area contributed by atoms with E-state index in [0.717, 1.165) is 6.42 Å². The molecule has 0 rings (SSSR count). The lowest BCUT2D eigenvalue weighted by atomic mass is 9.97. The standard InChI is InChI=1S/C9H18O4/c1-3-4-7(9(11)12)5-8(10)6-13-2/h7-8,10H,3-6H2,1-2H3,(H,11,12). The quantitative estimate of drug-likeness (QED) is 0.625. The van der Waals surface area contributed by atoms with Gasteiger partial charge in [-0.2, -0.15) is 0 Å². The molecule has 2 N–H and O–H groups in total. The van der Waals surface area contributed by atoms with Gasteiger partial charge < -0.3 is 14.9 Å². The first-order valence-electron chi connectivity index (χ1n) is 4.51. The van der Waals surface area contributed by atoms with Crippen molar-refractivity contribution in [3.05, 3.63) is 0 Å². The molecule has 0 aliphatic heterocycles. The van der Waals surface area contributed by atoms with Crippen molar-refractivity contribution in [1.82, 2.24) is 0 Å². The summed E-state index contributed by atoms with van der Waals surface area (Å²) in [4.78, 5) is 10.7. The highest BCUT2D eigenvalue weighted by atomic mass is 16.5. The Balaban J connectivity index is 3.86. The Labute approximate surface area is 78.5 Å². The molecule has 0 saturated carbocycles. The van der Waals surface area contributed by atoms with Crippen molar-refractivity contribution in [1.29, 1.82) is 0 Å². The van der Waals surface area contributed by atoms with Gasteiger partial charge in [-0.25, -0.2) is 0 Å². The van der Waals surface area contributed by atoms with Crippen molar-refractivity contribution in [2.75, 3.05) is 13.7 Å². The van der Waals surface area contributed by atoms with Crippen LogP contribution in [0.15, 0.2) is 0 Å². The maximum atomic E-state index is 10.7. The maximum Gasteiger partial charge on any atom is 0.306 e. The third kappa shape index (κ3) is 5.60. The molecule has 0 radical (unpaired) electrons. The van der Waals surface area contributed by atoms with E-state index < -0.39 is 18.0 Å². The number of rotatable bonds is 7. The summed E-state index contributed by atoms with van der Waals surface area (Å²) in [5.41, 5.74) is 0. The van der Waals surface area contributed by atoms with Crippen LogP contribution in [0.4, 0.5) is 0 Å². The molecule has 0 saturated heterocycles. The second-order valence-electron chi connectivity index (χ2n) is 3.17. The van der Waals surface area contributed by atoms with Gasteiger partial charge in [-0.3, -0.25) is 4.79 Å². The lowest BCUT2D eigenvalue weighted by Gasteiger charge is -2.15. The Hall–Kier alpha value is -0.610. The molecule has 4 nitrogen and oxygen atoms in total. The van der Waals surface area contributed by atoms with Crippen LogP contribution >= 0.6 is 0 Å². The van der Waals surface area contributed by atoms with Crippen LogP contribution in [0.3, 0.4) is 0 Å². The van der Waals surface area contributed by atoms with E-state index >= 15 is 0 Å². The predicted molar refractivity (Wildman–Crippen MR) is 48.5 cm³/mol. The van der Waals surface area contributed by atoms with E-state index in [4.69, 9.17) is 9.84 Å². The van der Waals surface area contributed by atoms with Crippen LogP contribution in [-0.2, 0) is 9.53 Å². The highest BCUT2D eigenvalue weighted by Gasteiger charge is 2.20. The number of carbonyl (C=O) groups is 1. The molecule has 2 atom stereocenters. The monoisotopic (exact) mass is 190 g/mol. The number of methoxy groups -OCH3 is 1. The van der Waals surface area contributed by atoms with Crippen LogP contribution in [0.2, 0.25) is 0 Å². The van der Waals surface area contributed by atoms with Gasteiger partial charge in [-0.05, 0) is 12.8 Å². The first-order chi connectivity index (χ1) is 6.11. The van der Waals surface area contributed by atoms with Gasteiger partial charge in [0, 0.05) is 7.11 Å². The minimum absolute atomic E-state index is 0.202. The molecule has 0 bridgehead atoms. The van der Waals surface area contributed by atoms with Gasteiger partial charge >= 0.3 is 5.97 Å². The highest BCUT2D eigenvalue weighted by molar-refractivity contribution is 5.69. The Morgan fingerprint density at radius 3 is 2.54 bits per heavy atom. The largest absolute Gasteiger partial charge is 0.481 e. The van der Waals surface area contributed by atoms with Crippen molar-refractivity contribution in [2.24, 2.45) is 5.92 Å². The number of carboxylic acids is 1. The van der Waals surface area contributed by atoms with Crippen molar-refractivity contribution in [3.8, 4) is 0 Å². The summed E-state index contributed by atoms with van der Waals surface area (Å²) >= 11 is 0. The summed E-state index contributed by atoms with van der Waals surface area (Å²) < 4.78 is 4.72. The minimum atomic E-state index is -0.836. The van der Waals surface area contributed by atoms with Gasteiger partial charge in [-0.15, -0.1) is 0 Å². The van der Waals surface area contributed by atoms with E-state index in [0.29, 0.717) is 6.42 Å². The fourth-order valence-electron chi connectivity index (χ4n) is 1.28. The molecule has 4 heteroatoms. The van der Waals surface area contributed by atoms with Crippen LogP contribution in [0.1, 0.15) is 26.2 Å². The SMILES string of the molecule is CCCC(CC(O)COC)C(=O)O. The fraction of sp³-hybridized carbons (Fsp3) is 0.889. The number of aliphatic carboxylic acids is 1. The van der Waals surface area contributed by atoms with Crippen LogP contribution in [0.5, 0.6) is 0 Å². The molecule has 0 aliphatic carbocycles. The van der Waals surface area contributed by atoms with Crippen LogP contribution < -0.4 is 0 Å². The lowest BCUT2D eigenvalue weighted by Crippen LogP contribution is -2.23. The molecule has 0 spiro atoms. The van der Waals surface area contributed by atoms with E-state index in [1.165, 1.54) is 7.11 Å². The average Bonchev–Trinajstić information content (AvgIpc) is 2.04.